The number of nitriles is 1. The van der Waals surface area contributed by atoms with E-state index in [-0.39, 0.29) is 0 Å². The molecule has 0 bridgehead atoms. The van der Waals surface area contributed by atoms with Crippen LogP contribution in [-0.4, -0.2) is 11.5 Å². The zero-order chi connectivity index (χ0) is 12.3. The average Bonchev–Trinajstić information content (AvgIpc) is 2.98. The van der Waals surface area contributed by atoms with E-state index in [4.69, 9.17) is 5.26 Å². The van der Waals surface area contributed by atoms with Gasteiger partial charge in [-0.15, -0.1) is 0 Å². The molecule has 0 aromatic carbocycles. The zero-order valence-electron chi connectivity index (χ0n) is 10.5. The molecule has 92 valence electrons. The van der Waals surface area contributed by atoms with Gasteiger partial charge in [-0.25, -0.2) is 4.98 Å². The molecule has 4 heteroatoms. The number of hydrogen-bond donors (Lipinski definition) is 1. The predicted molar refractivity (Wildman–Crippen MR) is 71.1 cm³/mol. The maximum absolute atomic E-state index is 8.74. The molecule has 1 aromatic heterocycles. The van der Waals surface area contributed by atoms with Crippen LogP contribution in [0.1, 0.15) is 44.4 Å². The van der Waals surface area contributed by atoms with Crippen molar-refractivity contribution in [2.75, 3.05) is 11.9 Å². The molecule has 0 spiro atoms. The summed E-state index contributed by atoms with van der Waals surface area (Å²) in [5.74, 6) is 0.824. The molecule has 2 rings (SSSR count). The third-order valence-electron chi connectivity index (χ3n) is 3.77. The molecule has 0 saturated heterocycles. The van der Waals surface area contributed by atoms with Crippen LogP contribution in [-0.2, 0) is 0 Å². The van der Waals surface area contributed by atoms with Crippen molar-refractivity contribution in [2.24, 2.45) is 11.3 Å². The molecule has 0 aliphatic heterocycles. The first kappa shape index (κ1) is 12.4. The highest BCUT2D eigenvalue weighted by Gasteiger charge is 2.31. The van der Waals surface area contributed by atoms with Crippen LogP contribution in [0.2, 0.25) is 0 Å². The van der Waals surface area contributed by atoms with Crippen LogP contribution in [0.5, 0.6) is 0 Å². The fraction of sp³-hybridized carbons (Fsp3) is 0.692. The van der Waals surface area contributed by atoms with Crippen molar-refractivity contribution in [3.63, 3.8) is 0 Å². The Morgan fingerprint density at radius 1 is 1.53 bits per heavy atom. The minimum absolute atomic E-state index is 0.314. The molecule has 1 heterocycles. The van der Waals surface area contributed by atoms with Gasteiger partial charge in [0.1, 0.15) is 10.9 Å². The summed E-state index contributed by atoms with van der Waals surface area (Å²) >= 11 is 1.43. The molecule has 0 unspecified atom stereocenters. The summed E-state index contributed by atoms with van der Waals surface area (Å²) in [6.07, 6.45) is 7.11. The lowest BCUT2D eigenvalue weighted by Gasteiger charge is -2.31. The molecule has 1 aliphatic rings. The summed E-state index contributed by atoms with van der Waals surface area (Å²) in [7, 11) is 0. The zero-order valence-corrected chi connectivity index (χ0v) is 11.3. The Labute approximate surface area is 107 Å². The molecule has 3 nitrogen and oxygen atoms in total. The molecular formula is C13H19N3S. The van der Waals surface area contributed by atoms with Crippen molar-refractivity contribution in [3.8, 4) is 6.07 Å². The Kier molecular flexibility index (Phi) is 3.68. The fourth-order valence-corrected chi connectivity index (χ4v) is 3.17. The Balaban J connectivity index is 1.90. The molecule has 1 aliphatic carbocycles. The second kappa shape index (κ2) is 5.05. The molecule has 1 aromatic rings. The normalized spacial score (nSPS) is 17.0. The van der Waals surface area contributed by atoms with Gasteiger partial charge < -0.3 is 5.32 Å². The van der Waals surface area contributed by atoms with Crippen molar-refractivity contribution in [1.82, 2.24) is 4.98 Å². The van der Waals surface area contributed by atoms with Crippen molar-refractivity contribution in [3.05, 3.63) is 11.1 Å². The van der Waals surface area contributed by atoms with Crippen molar-refractivity contribution in [1.29, 1.82) is 5.26 Å². The first-order valence-corrected chi connectivity index (χ1v) is 7.03. The molecule has 0 amide bonds. The van der Waals surface area contributed by atoms with Crippen molar-refractivity contribution >= 4 is 16.5 Å². The van der Waals surface area contributed by atoms with Crippen LogP contribution in [0.25, 0.3) is 0 Å². The SMILES string of the molecule is CC(C)(CNc1ncc(C#N)s1)C1CCCC1. The Morgan fingerprint density at radius 2 is 2.24 bits per heavy atom. The van der Waals surface area contributed by atoms with E-state index >= 15 is 0 Å². The number of rotatable bonds is 4. The van der Waals surface area contributed by atoms with E-state index in [0.29, 0.717) is 10.3 Å². The molecule has 1 fully saturated rings. The molecule has 1 saturated carbocycles. The largest absolute Gasteiger partial charge is 0.361 e. The van der Waals surface area contributed by atoms with Gasteiger partial charge in [0.2, 0.25) is 0 Å². The van der Waals surface area contributed by atoms with E-state index in [1.54, 1.807) is 6.20 Å². The maximum Gasteiger partial charge on any atom is 0.183 e. The summed E-state index contributed by atoms with van der Waals surface area (Å²) < 4.78 is 0. The monoisotopic (exact) mass is 249 g/mol. The van der Waals surface area contributed by atoms with E-state index in [1.165, 1.54) is 37.0 Å². The standard InChI is InChI=1S/C13H19N3S/c1-13(2,10-5-3-4-6-10)9-16-12-15-8-11(7-14)17-12/h8,10H,3-6,9H2,1-2H3,(H,15,16). The minimum atomic E-state index is 0.314. The predicted octanol–water partition coefficient (Wildman–Crippen LogP) is 3.64. The molecule has 17 heavy (non-hydrogen) atoms. The number of nitrogens with one attached hydrogen (secondary N) is 1. The van der Waals surface area contributed by atoms with Gasteiger partial charge in [-0.2, -0.15) is 5.26 Å². The summed E-state index contributed by atoms with van der Waals surface area (Å²) in [5.41, 5.74) is 0.314. The topological polar surface area (TPSA) is 48.7 Å². The van der Waals surface area contributed by atoms with Gasteiger partial charge in [-0.1, -0.05) is 38.0 Å². The van der Waals surface area contributed by atoms with Gasteiger partial charge in [0.15, 0.2) is 5.13 Å². The second-order valence-corrected chi connectivity index (χ2v) is 6.50. The van der Waals surface area contributed by atoms with E-state index in [2.05, 4.69) is 30.2 Å². The van der Waals surface area contributed by atoms with Gasteiger partial charge in [0, 0.05) is 6.54 Å². The number of hydrogen-bond acceptors (Lipinski definition) is 4. The second-order valence-electron chi connectivity index (χ2n) is 5.46. The van der Waals surface area contributed by atoms with Crippen LogP contribution >= 0.6 is 11.3 Å². The Hall–Kier alpha value is -1.08. The third kappa shape index (κ3) is 2.98. The van der Waals surface area contributed by atoms with Crippen molar-refractivity contribution < 1.29 is 0 Å². The van der Waals surface area contributed by atoms with Crippen molar-refractivity contribution in [2.45, 2.75) is 39.5 Å². The van der Waals surface area contributed by atoms with Gasteiger partial charge in [-0.05, 0) is 24.2 Å². The molecular weight excluding hydrogens is 230 g/mol. The quantitative estimate of drug-likeness (QED) is 0.886. The first-order valence-electron chi connectivity index (χ1n) is 6.21. The minimum Gasteiger partial charge on any atom is -0.361 e. The van der Waals surface area contributed by atoms with Crippen LogP contribution in [0.4, 0.5) is 5.13 Å². The lowest BCUT2D eigenvalue weighted by molar-refractivity contribution is 0.234. The summed E-state index contributed by atoms with van der Waals surface area (Å²) in [6, 6.07) is 2.12. The summed E-state index contributed by atoms with van der Waals surface area (Å²) in [6.45, 7) is 5.60. The van der Waals surface area contributed by atoms with Gasteiger partial charge in [0.05, 0.1) is 6.20 Å². The van der Waals surface area contributed by atoms with Crippen LogP contribution in [0, 0.1) is 22.7 Å². The lowest BCUT2D eigenvalue weighted by Crippen LogP contribution is -2.30. The highest BCUT2D eigenvalue weighted by molar-refractivity contribution is 7.16. The van der Waals surface area contributed by atoms with E-state index in [9.17, 15) is 0 Å². The van der Waals surface area contributed by atoms with E-state index < -0.39 is 0 Å². The summed E-state index contributed by atoms with van der Waals surface area (Å²) in [4.78, 5) is 4.87. The molecule has 0 atom stereocenters. The third-order valence-corrected chi connectivity index (χ3v) is 4.63. The average molecular weight is 249 g/mol. The van der Waals surface area contributed by atoms with Gasteiger partial charge in [0.25, 0.3) is 0 Å². The van der Waals surface area contributed by atoms with Crippen LogP contribution in [0.3, 0.4) is 0 Å². The number of anilines is 1. The maximum atomic E-state index is 8.74. The van der Waals surface area contributed by atoms with Gasteiger partial charge in [-0.3, -0.25) is 0 Å². The number of aromatic nitrogens is 1. The Morgan fingerprint density at radius 3 is 2.82 bits per heavy atom. The highest BCUT2D eigenvalue weighted by Crippen LogP contribution is 2.39. The van der Waals surface area contributed by atoms with E-state index in [0.717, 1.165) is 17.6 Å². The highest BCUT2D eigenvalue weighted by atomic mass is 32.1. The lowest BCUT2D eigenvalue weighted by atomic mass is 9.78. The number of nitrogens with zero attached hydrogens (tertiary/aromatic N) is 2. The van der Waals surface area contributed by atoms with Crippen LogP contribution < -0.4 is 5.32 Å². The van der Waals surface area contributed by atoms with Crippen LogP contribution in [0.15, 0.2) is 6.20 Å². The fourth-order valence-electron chi connectivity index (χ4n) is 2.56. The first-order chi connectivity index (χ1) is 8.12. The summed E-state index contributed by atoms with van der Waals surface area (Å²) in [5, 5.41) is 13.0. The Bertz CT molecular complexity index is 411. The van der Waals surface area contributed by atoms with Gasteiger partial charge >= 0.3 is 0 Å². The number of thiazole rings is 1. The van der Waals surface area contributed by atoms with E-state index in [1.807, 2.05) is 0 Å². The smallest absolute Gasteiger partial charge is 0.183 e. The molecule has 0 radical (unpaired) electrons. The molecule has 1 N–H and O–H groups in total.